The first-order chi connectivity index (χ1) is 12.9. The summed E-state index contributed by atoms with van der Waals surface area (Å²) in [6, 6.07) is 11.0. The van der Waals surface area contributed by atoms with E-state index in [1.54, 1.807) is 25.1 Å². The van der Waals surface area contributed by atoms with Crippen LogP contribution in [0.5, 0.6) is 11.5 Å². The van der Waals surface area contributed by atoms with Gasteiger partial charge in [0.15, 0.2) is 11.5 Å². The Labute approximate surface area is 158 Å². The van der Waals surface area contributed by atoms with Crippen molar-refractivity contribution in [3.8, 4) is 11.5 Å². The van der Waals surface area contributed by atoms with Crippen LogP contribution >= 0.6 is 0 Å². The number of imide groups is 1. The van der Waals surface area contributed by atoms with Gasteiger partial charge in [0.05, 0.1) is 6.54 Å². The molecule has 6 nitrogen and oxygen atoms in total. The number of hydrogen-bond donors (Lipinski definition) is 1. The molecular weight excluding hydrogens is 344 g/mol. The van der Waals surface area contributed by atoms with E-state index < -0.39 is 11.6 Å². The molecule has 2 aromatic rings. The Hall–Kier alpha value is -3.02. The molecule has 2 aliphatic rings. The number of hydrogen-bond acceptors (Lipinski definition) is 4. The summed E-state index contributed by atoms with van der Waals surface area (Å²) in [5.74, 6) is 0.970. The standard InChI is InChI=1S/C21H22N2O4/c1-13-4-5-14(2)15(10-13)12-23-19(24)21(3,22-20(23)25)16-6-7-17-18(11-16)27-9-8-26-17/h4-7,10-11H,8-9,12H2,1-3H3,(H,22,25)/t21-/m1/s1. The molecule has 1 fully saturated rings. The van der Waals surface area contributed by atoms with Gasteiger partial charge in [0.2, 0.25) is 0 Å². The number of aryl methyl sites for hydroxylation is 2. The topological polar surface area (TPSA) is 67.9 Å². The van der Waals surface area contributed by atoms with Crippen molar-refractivity contribution < 1.29 is 19.1 Å². The van der Waals surface area contributed by atoms with Crippen molar-refractivity contribution in [2.24, 2.45) is 0 Å². The van der Waals surface area contributed by atoms with Crippen LogP contribution in [0.1, 0.15) is 29.2 Å². The number of amides is 3. The van der Waals surface area contributed by atoms with Crippen LogP contribution in [0.15, 0.2) is 36.4 Å². The molecule has 1 saturated heterocycles. The smallest absolute Gasteiger partial charge is 0.325 e. The van der Waals surface area contributed by atoms with Gasteiger partial charge in [0.25, 0.3) is 5.91 Å². The molecule has 2 heterocycles. The summed E-state index contributed by atoms with van der Waals surface area (Å²) >= 11 is 0. The zero-order valence-corrected chi connectivity index (χ0v) is 15.7. The summed E-state index contributed by atoms with van der Waals surface area (Å²) in [6.45, 7) is 6.91. The molecule has 0 bridgehead atoms. The van der Waals surface area contributed by atoms with Crippen molar-refractivity contribution in [3.05, 3.63) is 58.7 Å². The quantitative estimate of drug-likeness (QED) is 0.848. The van der Waals surface area contributed by atoms with Crippen LogP contribution < -0.4 is 14.8 Å². The largest absolute Gasteiger partial charge is 0.486 e. The molecule has 0 aliphatic carbocycles. The van der Waals surface area contributed by atoms with E-state index in [-0.39, 0.29) is 12.5 Å². The number of nitrogens with one attached hydrogen (secondary N) is 1. The molecule has 2 aliphatic heterocycles. The summed E-state index contributed by atoms with van der Waals surface area (Å²) in [5, 5.41) is 2.85. The minimum absolute atomic E-state index is 0.248. The predicted molar refractivity (Wildman–Crippen MR) is 99.8 cm³/mol. The summed E-state index contributed by atoms with van der Waals surface area (Å²) in [6.07, 6.45) is 0. The van der Waals surface area contributed by atoms with Gasteiger partial charge in [-0.25, -0.2) is 4.79 Å². The van der Waals surface area contributed by atoms with Crippen LogP contribution in [-0.2, 0) is 16.9 Å². The van der Waals surface area contributed by atoms with Crippen LogP contribution in [0.25, 0.3) is 0 Å². The van der Waals surface area contributed by atoms with Gasteiger partial charge in [0, 0.05) is 0 Å². The van der Waals surface area contributed by atoms with Gasteiger partial charge in [-0.05, 0) is 49.6 Å². The number of rotatable bonds is 3. The highest BCUT2D eigenvalue weighted by Gasteiger charge is 2.49. The molecule has 140 valence electrons. The molecule has 0 unspecified atom stereocenters. The third-order valence-electron chi connectivity index (χ3n) is 5.23. The Morgan fingerprint density at radius 2 is 1.78 bits per heavy atom. The zero-order chi connectivity index (χ0) is 19.2. The molecule has 1 atom stereocenters. The third kappa shape index (κ3) is 2.91. The average Bonchev–Trinajstić information content (AvgIpc) is 2.88. The first-order valence-electron chi connectivity index (χ1n) is 8.99. The number of carbonyl (C=O) groups is 2. The summed E-state index contributed by atoms with van der Waals surface area (Å²) in [7, 11) is 0. The predicted octanol–water partition coefficient (Wildman–Crippen LogP) is 3.04. The minimum Gasteiger partial charge on any atom is -0.486 e. The maximum absolute atomic E-state index is 13.2. The highest BCUT2D eigenvalue weighted by Crippen LogP contribution is 2.37. The van der Waals surface area contributed by atoms with E-state index in [2.05, 4.69) is 5.32 Å². The highest BCUT2D eigenvalue weighted by molar-refractivity contribution is 6.07. The fraction of sp³-hybridized carbons (Fsp3) is 0.333. The summed E-state index contributed by atoms with van der Waals surface area (Å²) in [5.41, 5.74) is 2.65. The fourth-order valence-electron chi connectivity index (χ4n) is 3.53. The molecule has 0 radical (unpaired) electrons. The van der Waals surface area contributed by atoms with Gasteiger partial charge in [-0.3, -0.25) is 9.69 Å². The van der Waals surface area contributed by atoms with Gasteiger partial charge >= 0.3 is 6.03 Å². The van der Waals surface area contributed by atoms with E-state index in [1.807, 2.05) is 32.0 Å². The molecule has 0 spiro atoms. The van der Waals surface area contributed by atoms with Crippen LogP contribution in [0.2, 0.25) is 0 Å². The van der Waals surface area contributed by atoms with Gasteiger partial charge < -0.3 is 14.8 Å². The average molecular weight is 366 g/mol. The molecule has 6 heteroatoms. The van der Waals surface area contributed by atoms with Crippen LogP contribution in [0.4, 0.5) is 4.79 Å². The van der Waals surface area contributed by atoms with Crippen molar-refractivity contribution in [2.45, 2.75) is 32.9 Å². The Morgan fingerprint density at radius 1 is 1.04 bits per heavy atom. The van der Waals surface area contributed by atoms with E-state index >= 15 is 0 Å². The second kappa shape index (κ2) is 6.30. The first kappa shape index (κ1) is 17.4. The van der Waals surface area contributed by atoms with Crippen molar-refractivity contribution >= 4 is 11.9 Å². The molecule has 3 amide bonds. The Balaban J connectivity index is 1.64. The van der Waals surface area contributed by atoms with Gasteiger partial charge in [-0.15, -0.1) is 0 Å². The summed E-state index contributed by atoms with van der Waals surface area (Å²) in [4.78, 5) is 27.1. The third-order valence-corrected chi connectivity index (χ3v) is 5.23. The van der Waals surface area contributed by atoms with E-state index in [4.69, 9.17) is 9.47 Å². The van der Waals surface area contributed by atoms with Gasteiger partial charge in [-0.2, -0.15) is 0 Å². The van der Waals surface area contributed by atoms with E-state index in [9.17, 15) is 9.59 Å². The molecular formula is C21H22N2O4. The maximum Gasteiger partial charge on any atom is 0.325 e. The van der Waals surface area contributed by atoms with Crippen molar-refractivity contribution in [2.75, 3.05) is 13.2 Å². The number of carbonyl (C=O) groups excluding carboxylic acids is 2. The lowest BCUT2D eigenvalue weighted by atomic mass is 9.91. The number of nitrogens with zero attached hydrogens (tertiary/aromatic N) is 1. The SMILES string of the molecule is Cc1ccc(C)c(CN2C(=O)N[C@](C)(c3ccc4c(c3)OCCO4)C2=O)c1. The first-order valence-corrected chi connectivity index (χ1v) is 8.99. The second-order valence-electron chi connectivity index (χ2n) is 7.23. The fourth-order valence-corrected chi connectivity index (χ4v) is 3.53. The summed E-state index contributed by atoms with van der Waals surface area (Å²) < 4.78 is 11.2. The molecule has 2 aromatic carbocycles. The maximum atomic E-state index is 13.2. The number of urea groups is 1. The number of fused-ring (bicyclic) bond motifs is 1. The molecule has 4 rings (SSSR count). The Morgan fingerprint density at radius 3 is 2.56 bits per heavy atom. The van der Waals surface area contributed by atoms with Crippen LogP contribution in [0, 0.1) is 13.8 Å². The highest BCUT2D eigenvalue weighted by atomic mass is 16.6. The van der Waals surface area contributed by atoms with Gasteiger partial charge in [0.1, 0.15) is 18.8 Å². The van der Waals surface area contributed by atoms with Gasteiger partial charge in [-0.1, -0.05) is 29.8 Å². The molecule has 1 N–H and O–H groups in total. The van der Waals surface area contributed by atoms with Crippen molar-refractivity contribution in [3.63, 3.8) is 0 Å². The van der Waals surface area contributed by atoms with Crippen molar-refractivity contribution in [1.82, 2.24) is 10.2 Å². The normalized spacial score (nSPS) is 21.4. The lowest BCUT2D eigenvalue weighted by Crippen LogP contribution is -2.41. The van der Waals surface area contributed by atoms with E-state index in [0.29, 0.717) is 30.3 Å². The lowest BCUT2D eigenvalue weighted by Gasteiger charge is -2.25. The Bertz CT molecular complexity index is 940. The zero-order valence-electron chi connectivity index (χ0n) is 15.7. The van der Waals surface area contributed by atoms with E-state index in [0.717, 1.165) is 16.7 Å². The number of ether oxygens (including phenoxy) is 2. The lowest BCUT2D eigenvalue weighted by molar-refractivity contribution is -0.131. The van der Waals surface area contributed by atoms with Crippen LogP contribution in [0.3, 0.4) is 0 Å². The molecule has 0 aromatic heterocycles. The molecule has 27 heavy (non-hydrogen) atoms. The molecule has 0 saturated carbocycles. The van der Waals surface area contributed by atoms with Crippen molar-refractivity contribution in [1.29, 1.82) is 0 Å². The Kier molecular flexibility index (Phi) is 4.06. The second-order valence-corrected chi connectivity index (χ2v) is 7.23. The number of benzene rings is 2. The minimum atomic E-state index is -1.13. The van der Waals surface area contributed by atoms with E-state index in [1.165, 1.54) is 4.90 Å². The van der Waals surface area contributed by atoms with Crippen LogP contribution in [-0.4, -0.2) is 30.1 Å². The monoisotopic (exact) mass is 366 g/mol.